The minimum Gasteiger partial charge on any atom is -0.477 e. The molecule has 1 aliphatic carbocycles. The predicted octanol–water partition coefficient (Wildman–Crippen LogP) is 2.37. The van der Waals surface area contributed by atoms with Crippen LogP contribution in [0.2, 0.25) is 0 Å². The van der Waals surface area contributed by atoms with Crippen molar-refractivity contribution < 1.29 is 18.7 Å². The van der Waals surface area contributed by atoms with Crippen molar-refractivity contribution in [1.29, 1.82) is 0 Å². The van der Waals surface area contributed by atoms with E-state index < -0.39 is 0 Å². The van der Waals surface area contributed by atoms with Crippen molar-refractivity contribution in [3.8, 4) is 5.88 Å². The molecule has 2 aromatic heterocycles. The molecule has 2 aromatic rings. The Bertz CT molecular complexity index is 674. The summed E-state index contributed by atoms with van der Waals surface area (Å²) in [6.45, 7) is 1.77. The molecule has 0 aromatic carbocycles. The second-order valence-corrected chi connectivity index (χ2v) is 6.27. The Morgan fingerprint density at radius 2 is 2.25 bits per heavy atom. The number of aromatic nitrogens is 1. The third kappa shape index (κ3) is 3.01. The lowest BCUT2D eigenvalue weighted by atomic mass is 10.1. The van der Waals surface area contributed by atoms with Crippen LogP contribution in [0.5, 0.6) is 5.88 Å². The summed E-state index contributed by atoms with van der Waals surface area (Å²) < 4.78 is 16.9. The SMILES string of the molecule is O=C(c1ccco1)N1CCO[C@@H]2C[C@@H](COc3ccccn3)C[C@H]21. The maximum Gasteiger partial charge on any atom is 0.289 e. The van der Waals surface area contributed by atoms with Gasteiger partial charge in [0.15, 0.2) is 5.76 Å². The number of morpholine rings is 1. The smallest absolute Gasteiger partial charge is 0.289 e. The highest BCUT2D eigenvalue weighted by atomic mass is 16.5. The summed E-state index contributed by atoms with van der Waals surface area (Å²) in [6.07, 6.45) is 5.11. The van der Waals surface area contributed by atoms with E-state index in [4.69, 9.17) is 13.9 Å². The fourth-order valence-corrected chi connectivity index (χ4v) is 3.62. The first-order valence-corrected chi connectivity index (χ1v) is 8.31. The van der Waals surface area contributed by atoms with E-state index in [1.54, 1.807) is 18.3 Å². The minimum absolute atomic E-state index is 0.0513. The van der Waals surface area contributed by atoms with Gasteiger partial charge in [0.25, 0.3) is 5.91 Å². The highest BCUT2D eigenvalue weighted by molar-refractivity contribution is 5.91. The second-order valence-electron chi connectivity index (χ2n) is 6.27. The number of nitrogens with zero attached hydrogens (tertiary/aromatic N) is 2. The predicted molar refractivity (Wildman–Crippen MR) is 85.7 cm³/mol. The summed E-state index contributed by atoms with van der Waals surface area (Å²) in [5, 5.41) is 0. The highest BCUT2D eigenvalue weighted by Crippen LogP contribution is 2.35. The number of fused-ring (bicyclic) bond motifs is 1. The zero-order chi connectivity index (χ0) is 16.4. The van der Waals surface area contributed by atoms with Crippen molar-refractivity contribution in [3.05, 3.63) is 48.6 Å². The first-order valence-electron chi connectivity index (χ1n) is 8.31. The average Bonchev–Trinajstić information content (AvgIpc) is 3.29. The van der Waals surface area contributed by atoms with Crippen LogP contribution >= 0.6 is 0 Å². The van der Waals surface area contributed by atoms with Crippen molar-refractivity contribution in [3.63, 3.8) is 0 Å². The minimum atomic E-state index is -0.0513. The molecule has 0 N–H and O–H groups in total. The second kappa shape index (κ2) is 6.65. The fourth-order valence-electron chi connectivity index (χ4n) is 3.62. The molecule has 4 rings (SSSR count). The number of pyridine rings is 1. The molecule has 0 bridgehead atoms. The number of amides is 1. The third-order valence-corrected chi connectivity index (χ3v) is 4.73. The number of furan rings is 1. The molecule has 6 nitrogen and oxygen atoms in total. The first kappa shape index (κ1) is 15.2. The molecule has 1 aliphatic heterocycles. The Kier molecular flexibility index (Phi) is 4.21. The fraction of sp³-hybridized carbons (Fsp3) is 0.444. The molecule has 3 atom stereocenters. The summed E-state index contributed by atoms with van der Waals surface area (Å²) in [4.78, 5) is 18.7. The van der Waals surface area contributed by atoms with Gasteiger partial charge in [-0.1, -0.05) is 6.07 Å². The molecule has 1 amide bonds. The Hall–Kier alpha value is -2.34. The van der Waals surface area contributed by atoms with Gasteiger partial charge in [0.1, 0.15) is 0 Å². The molecule has 126 valence electrons. The number of hydrogen-bond donors (Lipinski definition) is 0. The van der Waals surface area contributed by atoms with Crippen LogP contribution in [0.15, 0.2) is 47.2 Å². The van der Waals surface area contributed by atoms with E-state index in [-0.39, 0.29) is 18.1 Å². The molecule has 0 unspecified atom stereocenters. The molecule has 6 heteroatoms. The van der Waals surface area contributed by atoms with E-state index in [1.165, 1.54) is 6.26 Å². The molecule has 24 heavy (non-hydrogen) atoms. The molecule has 1 saturated heterocycles. The van der Waals surface area contributed by atoms with Crippen LogP contribution in [0.4, 0.5) is 0 Å². The van der Waals surface area contributed by atoms with Crippen LogP contribution in [-0.2, 0) is 4.74 Å². The maximum absolute atomic E-state index is 12.6. The van der Waals surface area contributed by atoms with Crippen LogP contribution in [0.1, 0.15) is 23.4 Å². The number of hydrogen-bond acceptors (Lipinski definition) is 5. The Labute approximate surface area is 140 Å². The zero-order valence-corrected chi connectivity index (χ0v) is 13.3. The summed E-state index contributed by atoms with van der Waals surface area (Å²) in [6, 6.07) is 9.17. The molecule has 0 radical (unpaired) electrons. The number of ether oxygens (including phenoxy) is 2. The monoisotopic (exact) mass is 328 g/mol. The number of carbonyl (C=O) groups is 1. The van der Waals surface area contributed by atoms with Gasteiger partial charge < -0.3 is 18.8 Å². The first-order chi connectivity index (χ1) is 11.8. The number of rotatable bonds is 4. The van der Waals surface area contributed by atoms with E-state index in [9.17, 15) is 4.79 Å². The molecule has 2 fully saturated rings. The van der Waals surface area contributed by atoms with Crippen molar-refractivity contribution in [2.45, 2.75) is 25.0 Å². The molecule has 0 spiro atoms. The molecular weight excluding hydrogens is 308 g/mol. The average molecular weight is 328 g/mol. The number of carbonyl (C=O) groups excluding carboxylic acids is 1. The van der Waals surface area contributed by atoms with Gasteiger partial charge in [-0.15, -0.1) is 0 Å². The summed E-state index contributed by atoms with van der Waals surface area (Å²) in [7, 11) is 0. The highest BCUT2D eigenvalue weighted by Gasteiger charge is 2.43. The van der Waals surface area contributed by atoms with Gasteiger partial charge in [-0.25, -0.2) is 4.98 Å². The lowest BCUT2D eigenvalue weighted by molar-refractivity contribution is -0.0457. The topological polar surface area (TPSA) is 64.8 Å². The summed E-state index contributed by atoms with van der Waals surface area (Å²) in [5.41, 5.74) is 0. The zero-order valence-electron chi connectivity index (χ0n) is 13.3. The van der Waals surface area contributed by atoms with E-state index in [2.05, 4.69) is 4.98 Å². The van der Waals surface area contributed by atoms with E-state index in [0.717, 1.165) is 12.8 Å². The van der Waals surface area contributed by atoms with Gasteiger partial charge in [-0.2, -0.15) is 0 Å². The molecule has 3 heterocycles. The Balaban J connectivity index is 1.40. The Morgan fingerprint density at radius 1 is 1.29 bits per heavy atom. The van der Waals surface area contributed by atoms with Gasteiger partial charge >= 0.3 is 0 Å². The normalized spacial score (nSPS) is 26.2. The lowest BCUT2D eigenvalue weighted by Crippen LogP contribution is -2.51. The maximum atomic E-state index is 12.6. The van der Waals surface area contributed by atoms with E-state index in [1.807, 2.05) is 23.1 Å². The molecule has 2 aliphatic rings. The molecule has 1 saturated carbocycles. The van der Waals surface area contributed by atoms with E-state index in [0.29, 0.717) is 37.3 Å². The summed E-state index contributed by atoms with van der Waals surface area (Å²) >= 11 is 0. The Morgan fingerprint density at radius 3 is 3.04 bits per heavy atom. The van der Waals surface area contributed by atoms with Gasteiger partial charge in [0.05, 0.1) is 31.6 Å². The lowest BCUT2D eigenvalue weighted by Gasteiger charge is -2.37. The van der Waals surface area contributed by atoms with Crippen LogP contribution in [0, 0.1) is 5.92 Å². The van der Waals surface area contributed by atoms with Gasteiger partial charge in [0, 0.05) is 18.8 Å². The quantitative estimate of drug-likeness (QED) is 0.862. The van der Waals surface area contributed by atoms with Crippen LogP contribution in [-0.4, -0.2) is 47.7 Å². The van der Waals surface area contributed by atoms with Gasteiger partial charge in [-0.3, -0.25) is 4.79 Å². The van der Waals surface area contributed by atoms with Crippen LogP contribution in [0.3, 0.4) is 0 Å². The van der Waals surface area contributed by atoms with Crippen LogP contribution in [0.25, 0.3) is 0 Å². The summed E-state index contributed by atoms with van der Waals surface area (Å²) in [5.74, 6) is 1.33. The van der Waals surface area contributed by atoms with E-state index >= 15 is 0 Å². The standard InChI is InChI=1S/C18H20N2O4/c21-18(15-4-3-8-22-15)20-7-9-23-16-11-13(10-14(16)20)12-24-17-5-1-2-6-19-17/h1-6,8,13-14,16H,7,9-12H2/t13-,14+,16+/m0/s1. The molecular formula is C18H20N2O4. The van der Waals surface area contributed by atoms with Crippen molar-refractivity contribution >= 4 is 5.91 Å². The van der Waals surface area contributed by atoms with Crippen LogP contribution < -0.4 is 4.74 Å². The van der Waals surface area contributed by atoms with Crippen molar-refractivity contribution in [2.24, 2.45) is 5.92 Å². The van der Waals surface area contributed by atoms with Crippen molar-refractivity contribution in [2.75, 3.05) is 19.8 Å². The van der Waals surface area contributed by atoms with Gasteiger partial charge in [0.2, 0.25) is 5.88 Å². The van der Waals surface area contributed by atoms with Crippen molar-refractivity contribution in [1.82, 2.24) is 9.88 Å². The van der Waals surface area contributed by atoms with Gasteiger partial charge in [-0.05, 0) is 37.0 Å². The largest absolute Gasteiger partial charge is 0.477 e. The third-order valence-electron chi connectivity index (χ3n) is 4.73.